The van der Waals surface area contributed by atoms with E-state index < -0.39 is 0 Å². The van der Waals surface area contributed by atoms with Crippen LogP contribution >= 0.6 is 0 Å². The number of aromatic nitrogens is 2. The molecule has 1 unspecified atom stereocenters. The first-order chi connectivity index (χ1) is 15.1. The van der Waals surface area contributed by atoms with Gasteiger partial charge < -0.3 is 18.9 Å². The normalized spacial score (nSPS) is 16.0. The minimum atomic E-state index is -0.218. The van der Waals surface area contributed by atoms with Gasteiger partial charge in [0.2, 0.25) is 17.6 Å². The number of likely N-dealkylation sites (tertiary alicyclic amines) is 1. The quantitative estimate of drug-likeness (QED) is 0.524. The number of carbonyl (C=O) groups is 1. The fourth-order valence-electron chi connectivity index (χ4n) is 3.70. The number of rotatable bonds is 8. The minimum absolute atomic E-state index is 0.101. The van der Waals surface area contributed by atoms with Gasteiger partial charge in [-0.3, -0.25) is 4.79 Å². The first kappa shape index (κ1) is 20.9. The maximum Gasteiger partial charge on any atom is 0.249 e. The van der Waals surface area contributed by atoms with Gasteiger partial charge >= 0.3 is 0 Å². The van der Waals surface area contributed by atoms with Crippen LogP contribution in [0.25, 0.3) is 11.4 Å². The second kappa shape index (κ2) is 9.20. The third-order valence-electron chi connectivity index (χ3n) is 5.41. The Bertz CT molecular complexity index is 1050. The molecular weight excluding hydrogens is 394 g/mol. The van der Waals surface area contributed by atoms with Gasteiger partial charge in [0, 0.05) is 18.5 Å². The molecule has 0 saturated carbocycles. The summed E-state index contributed by atoms with van der Waals surface area (Å²) in [4.78, 5) is 18.9. The smallest absolute Gasteiger partial charge is 0.249 e. The van der Waals surface area contributed by atoms with Gasteiger partial charge in [0.25, 0.3) is 0 Å². The Morgan fingerprint density at radius 3 is 2.71 bits per heavy atom. The van der Waals surface area contributed by atoms with Crippen molar-refractivity contribution in [2.45, 2.75) is 45.7 Å². The van der Waals surface area contributed by atoms with Gasteiger partial charge in [0.15, 0.2) is 11.5 Å². The van der Waals surface area contributed by atoms with Crippen LogP contribution in [0.2, 0.25) is 0 Å². The Hall–Kier alpha value is -3.35. The molecule has 0 aliphatic carbocycles. The predicted molar refractivity (Wildman–Crippen MR) is 116 cm³/mol. The highest BCUT2D eigenvalue weighted by atomic mass is 16.5. The largest absolute Gasteiger partial charge is 0.493 e. The molecule has 3 aromatic rings. The van der Waals surface area contributed by atoms with Crippen molar-refractivity contribution in [1.82, 2.24) is 15.0 Å². The molecule has 0 bridgehead atoms. The van der Waals surface area contributed by atoms with Crippen molar-refractivity contribution in [3.63, 3.8) is 0 Å². The van der Waals surface area contributed by atoms with Crippen molar-refractivity contribution in [2.75, 3.05) is 13.7 Å². The Kier molecular flexibility index (Phi) is 6.21. The summed E-state index contributed by atoms with van der Waals surface area (Å²) in [6.07, 6.45) is 2.06. The van der Waals surface area contributed by atoms with Crippen molar-refractivity contribution in [3.05, 3.63) is 59.5 Å². The van der Waals surface area contributed by atoms with Gasteiger partial charge in [-0.1, -0.05) is 41.9 Å². The standard InChI is InChI=1S/C24H27N3O4/c1-4-13-30-20-11-9-18(14-21(20)29-3)23-25-24(31-26-23)19-10-12-22(28)27(19)15-17-7-5-16(2)6-8-17/h5-9,11,14,19H,4,10,12-13,15H2,1-3H3. The van der Waals surface area contributed by atoms with E-state index in [-0.39, 0.29) is 11.9 Å². The summed E-state index contributed by atoms with van der Waals surface area (Å²) in [6, 6.07) is 13.5. The van der Waals surface area contributed by atoms with Crippen LogP contribution in [0.5, 0.6) is 11.5 Å². The number of nitrogens with zero attached hydrogens (tertiary/aromatic N) is 3. The molecule has 1 aliphatic rings. The van der Waals surface area contributed by atoms with E-state index in [1.54, 1.807) is 7.11 Å². The molecule has 2 aromatic carbocycles. The van der Waals surface area contributed by atoms with E-state index in [1.807, 2.05) is 42.2 Å². The monoisotopic (exact) mass is 421 g/mol. The van der Waals surface area contributed by atoms with E-state index in [0.717, 1.165) is 17.5 Å². The van der Waals surface area contributed by atoms with Crippen LogP contribution < -0.4 is 9.47 Å². The molecule has 162 valence electrons. The highest BCUT2D eigenvalue weighted by molar-refractivity contribution is 5.78. The molecule has 0 spiro atoms. The van der Waals surface area contributed by atoms with Crippen LogP contribution in [0.3, 0.4) is 0 Å². The topological polar surface area (TPSA) is 77.7 Å². The summed E-state index contributed by atoms with van der Waals surface area (Å²) >= 11 is 0. The molecule has 2 heterocycles. The summed E-state index contributed by atoms with van der Waals surface area (Å²) in [5.74, 6) is 2.32. The molecule has 1 aliphatic heterocycles. The molecule has 7 heteroatoms. The van der Waals surface area contributed by atoms with E-state index in [2.05, 4.69) is 29.2 Å². The number of benzene rings is 2. The minimum Gasteiger partial charge on any atom is -0.493 e. The molecule has 0 radical (unpaired) electrons. The van der Waals surface area contributed by atoms with Crippen LogP contribution in [0.4, 0.5) is 0 Å². The molecule has 1 amide bonds. The lowest BCUT2D eigenvalue weighted by atomic mass is 10.1. The summed E-state index contributed by atoms with van der Waals surface area (Å²) in [7, 11) is 1.60. The average molecular weight is 421 g/mol. The highest BCUT2D eigenvalue weighted by Crippen LogP contribution is 2.36. The van der Waals surface area contributed by atoms with Crippen LogP contribution in [-0.2, 0) is 11.3 Å². The maximum absolute atomic E-state index is 12.5. The number of amides is 1. The molecule has 1 atom stereocenters. The molecule has 7 nitrogen and oxygen atoms in total. The van der Waals surface area contributed by atoms with Crippen LogP contribution in [0.15, 0.2) is 47.0 Å². The second-order valence-electron chi connectivity index (χ2n) is 7.73. The third kappa shape index (κ3) is 4.55. The lowest BCUT2D eigenvalue weighted by Gasteiger charge is -2.22. The molecule has 31 heavy (non-hydrogen) atoms. The number of carbonyl (C=O) groups excluding carboxylic acids is 1. The van der Waals surface area contributed by atoms with Gasteiger partial charge in [0.1, 0.15) is 6.04 Å². The Labute approximate surface area is 182 Å². The van der Waals surface area contributed by atoms with Crippen LogP contribution in [0, 0.1) is 6.92 Å². The van der Waals surface area contributed by atoms with Crippen molar-refractivity contribution < 1.29 is 18.8 Å². The first-order valence-corrected chi connectivity index (χ1v) is 10.6. The molecule has 0 N–H and O–H groups in total. The zero-order valence-corrected chi connectivity index (χ0v) is 18.1. The first-order valence-electron chi connectivity index (χ1n) is 10.6. The van der Waals surface area contributed by atoms with Crippen LogP contribution in [0.1, 0.15) is 49.2 Å². The van der Waals surface area contributed by atoms with E-state index in [4.69, 9.17) is 14.0 Å². The van der Waals surface area contributed by atoms with E-state index in [0.29, 0.717) is 49.2 Å². The Balaban J connectivity index is 1.54. The highest BCUT2D eigenvalue weighted by Gasteiger charge is 2.36. The average Bonchev–Trinajstić information content (AvgIpc) is 3.41. The Morgan fingerprint density at radius 1 is 1.16 bits per heavy atom. The van der Waals surface area contributed by atoms with Crippen LogP contribution in [-0.4, -0.2) is 34.7 Å². The number of methoxy groups -OCH3 is 1. The molecular formula is C24H27N3O4. The maximum atomic E-state index is 12.5. The van der Waals surface area contributed by atoms with Gasteiger partial charge in [-0.15, -0.1) is 0 Å². The molecule has 1 aromatic heterocycles. The summed E-state index contributed by atoms with van der Waals surface area (Å²) < 4.78 is 16.7. The summed E-state index contributed by atoms with van der Waals surface area (Å²) in [6.45, 7) is 5.25. The SMILES string of the molecule is CCCOc1ccc(-c2noc(C3CCC(=O)N3Cc3ccc(C)cc3)n2)cc1OC. The predicted octanol–water partition coefficient (Wildman–Crippen LogP) is 4.71. The van der Waals surface area contributed by atoms with Gasteiger partial charge in [0.05, 0.1) is 13.7 Å². The van der Waals surface area contributed by atoms with Gasteiger partial charge in [-0.05, 0) is 43.5 Å². The van der Waals surface area contributed by atoms with E-state index >= 15 is 0 Å². The lowest BCUT2D eigenvalue weighted by Crippen LogP contribution is -2.27. The number of ether oxygens (including phenoxy) is 2. The second-order valence-corrected chi connectivity index (χ2v) is 7.73. The molecule has 1 fully saturated rings. The summed E-state index contributed by atoms with van der Waals surface area (Å²) in [5, 5.41) is 4.16. The van der Waals surface area contributed by atoms with E-state index in [9.17, 15) is 4.79 Å². The third-order valence-corrected chi connectivity index (χ3v) is 5.41. The fraction of sp³-hybridized carbons (Fsp3) is 0.375. The molecule has 1 saturated heterocycles. The van der Waals surface area contributed by atoms with Gasteiger partial charge in [-0.2, -0.15) is 4.98 Å². The number of hydrogen-bond donors (Lipinski definition) is 0. The Morgan fingerprint density at radius 2 is 1.97 bits per heavy atom. The van der Waals surface area contributed by atoms with Crippen molar-refractivity contribution >= 4 is 5.91 Å². The van der Waals surface area contributed by atoms with Crippen molar-refractivity contribution in [2.24, 2.45) is 0 Å². The van der Waals surface area contributed by atoms with E-state index in [1.165, 1.54) is 5.56 Å². The van der Waals surface area contributed by atoms with Crippen molar-refractivity contribution in [3.8, 4) is 22.9 Å². The zero-order valence-electron chi connectivity index (χ0n) is 18.1. The summed E-state index contributed by atoms with van der Waals surface area (Å²) in [5.41, 5.74) is 3.04. The zero-order chi connectivity index (χ0) is 21.8. The fourth-order valence-corrected chi connectivity index (χ4v) is 3.70. The lowest BCUT2D eigenvalue weighted by molar-refractivity contribution is -0.129. The van der Waals surface area contributed by atoms with Gasteiger partial charge in [-0.25, -0.2) is 0 Å². The van der Waals surface area contributed by atoms with Crippen molar-refractivity contribution in [1.29, 1.82) is 0 Å². The number of hydrogen-bond acceptors (Lipinski definition) is 6. The molecule has 4 rings (SSSR count). The number of aryl methyl sites for hydroxylation is 1.